The van der Waals surface area contributed by atoms with Crippen molar-refractivity contribution in [2.45, 2.75) is 46.0 Å². The highest BCUT2D eigenvalue weighted by Gasteiger charge is 2.34. The Morgan fingerprint density at radius 1 is 1.19 bits per heavy atom. The van der Waals surface area contributed by atoms with Crippen molar-refractivity contribution in [1.82, 2.24) is 10.6 Å². The molecular formula is C19H29F3N4O. The van der Waals surface area contributed by atoms with Gasteiger partial charge in [0.1, 0.15) is 0 Å². The number of hydrogen-bond donors (Lipinski definition) is 2. The lowest BCUT2D eigenvalue weighted by Gasteiger charge is -2.29. The van der Waals surface area contributed by atoms with Crippen LogP contribution in [0.4, 0.5) is 18.9 Å². The number of guanidine groups is 1. The summed E-state index contributed by atoms with van der Waals surface area (Å²) in [5, 5.41) is 6.25. The second-order valence-electron chi connectivity index (χ2n) is 7.51. The summed E-state index contributed by atoms with van der Waals surface area (Å²) in [4.78, 5) is 6.26. The zero-order chi connectivity index (χ0) is 20.1. The van der Waals surface area contributed by atoms with Crippen LogP contribution in [-0.4, -0.2) is 44.3 Å². The molecule has 1 aliphatic rings. The number of alkyl halides is 3. The second kappa shape index (κ2) is 8.82. The van der Waals surface area contributed by atoms with E-state index in [-0.39, 0.29) is 17.6 Å². The van der Waals surface area contributed by atoms with Crippen LogP contribution in [0.25, 0.3) is 0 Å². The number of hydrogen-bond acceptors (Lipinski definition) is 3. The molecule has 0 unspecified atom stereocenters. The Morgan fingerprint density at radius 3 is 2.41 bits per heavy atom. The number of halogens is 3. The first kappa shape index (κ1) is 21.3. The van der Waals surface area contributed by atoms with E-state index in [1.54, 1.807) is 6.07 Å². The van der Waals surface area contributed by atoms with Crippen molar-refractivity contribution in [3.63, 3.8) is 0 Å². The molecule has 0 amide bonds. The highest BCUT2D eigenvalue weighted by Crippen LogP contribution is 2.35. The summed E-state index contributed by atoms with van der Waals surface area (Å²) in [6, 6.07) is 4.48. The molecule has 1 fully saturated rings. The molecule has 5 nitrogen and oxygen atoms in total. The molecule has 1 aromatic rings. The molecule has 0 spiro atoms. The molecule has 0 atom stereocenters. The van der Waals surface area contributed by atoms with Crippen LogP contribution in [-0.2, 0) is 17.5 Å². The summed E-state index contributed by atoms with van der Waals surface area (Å²) in [6.07, 6.45) is -4.43. The minimum absolute atomic E-state index is 0.0519. The minimum Gasteiger partial charge on any atom is -0.378 e. The Kier molecular flexibility index (Phi) is 6.97. The first-order valence-corrected chi connectivity index (χ1v) is 9.19. The topological polar surface area (TPSA) is 48.9 Å². The molecule has 1 aromatic carbocycles. The normalized spacial score (nSPS) is 16.4. The van der Waals surface area contributed by atoms with Crippen LogP contribution in [0.2, 0.25) is 0 Å². The average molecular weight is 386 g/mol. The summed E-state index contributed by atoms with van der Waals surface area (Å²) in [5.74, 6) is 0.496. The fraction of sp³-hybridized carbons (Fsp3) is 0.632. The molecule has 8 heteroatoms. The zero-order valence-electron chi connectivity index (χ0n) is 16.4. The van der Waals surface area contributed by atoms with E-state index in [2.05, 4.69) is 15.6 Å². The number of morpholine rings is 1. The van der Waals surface area contributed by atoms with E-state index >= 15 is 0 Å². The highest BCUT2D eigenvalue weighted by atomic mass is 19.4. The number of anilines is 1. The van der Waals surface area contributed by atoms with E-state index in [1.165, 1.54) is 12.1 Å². The molecule has 1 aliphatic heterocycles. The lowest BCUT2D eigenvalue weighted by Crippen LogP contribution is -2.47. The van der Waals surface area contributed by atoms with Gasteiger partial charge < -0.3 is 20.3 Å². The molecule has 152 valence electrons. The predicted octanol–water partition coefficient (Wildman–Crippen LogP) is 3.40. The van der Waals surface area contributed by atoms with Gasteiger partial charge in [-0.15, -0.1) is 0 Å². The quantitative estimate of drug-likeness (QED) is 0.615. The summed E-state index contributed by atoms with van der Waals surface area (Å²) >= 11 is 0. The van der Waals surface area contributed by atoms with E-state index in [1.807, 2.05) is 32.6 Å². The van der Waals surface area contributed by atoms with Crippen molar-refractivity contribution in [2.75, 3.05) is 37.7 Å². The number of nitrogens with one attached hydrogen (secondary N) is 2. The van der Waals surface area contributed by atoms with Crippen LogP contribution in [0.3, 0.4) is 0 Å². The van der Waals surface area contributed by atoms with Gasteiger partial charge in [0.25, 0.3) is 0 Å². The molecule has 0 saturated carbocycles. The fourth-order valence-corrected chi connectivity index (χ4v) is 2.81. The molecular weight excluding hydrogens is 357 g/mol. The smallest absolute Gasteiger partial charge is 0.378 e. The lowest BCUT2D eigenvalue weighted by atomic mass is 10.1. The van der Waals surface area contributed by atoms with Crippen LogP contribution in [0.1, 0.15) is 38.8 Å². The van der Waals surface area contributed by atoms with Crippen molar-refractivity contribution in [2.24, 2.45) is 4.99 Å². The second-order valence-corrected chi connectivity index (χ2v) is 7.51. The standard InChI is InChI=1S/C19H29F3N4O/c1-5-23-17(25-18(2,3)4)24-13-14-6-7-15(12-16(14)19(20,21)22)26-8-10-27-11-9-26/h6-7,12H,5,8-11,13H2,1-4H3,(H2,23,24,25). The lowest BCUT2D eigenvalue weighted by molar-refractivity contribution is -0.138. The largest absolute Gasteiger partial charge is 0.416 e. The van der Waals surface area contributed by atoms with Gasteiger partial charge in [-0.05, 0) is 45.4 Å². The van der Waals surface area contributed by atoms with Crippen LogP contribution >= 0.6 is 0 Å². The van der Waals surface area contributed by atoms with Gasteiger partial charge in [-0.3, -0.25) is 0 Å². The highest BCUT2D eigenvalue weighted by molar-refractivity contribution is 5.80. The Hall–Kier alpha value is -1.96. The van der Waals surface area contributed by atoms with Gasteiger partial charge in [0.15, 0.2) is 5.96 Å². The van der Waals surface area contributed by atoms with Gasteiger partial charge in [0.2, 0.25) is 0 Å². The van der Waals surface area contributed by atoms with Gasteiger partial charge in [-0.2, -0.15) is 13.2 Å². The monoisotopic (exact) mass is 386 g/mol. The van der Waals surface area contributed by atoms with E-state index < -0.39 is 11.7 Å². The summed E-state index contributed by atoms with van der Waals surface area (Å²) < 4.78 is 46.1. The number of nitrogens with zero attached hydrogens (tertiary/aromatic N) is 2. The molecule has 0 bridgehead atoms. The summed E-state index contributed by atoms with van der Waals surface area (Å²) in [7, 11) is 0. The summed E-state index contributed by atoms with van der Waals surface area (Å²) in [5.41, 5.74) is -0.154. The van der Waals surface area contributed by atoms with Crippen molar-refractivity contribution in [1.29, 1.82) is 0 Å². The Bertz CT molecular complexity index is 647. The summed E-state index contributed by atoms with van der Waals surface area (Å²) in [6.45, 7) is 10.6. The molecule has 1 heterocycles. The first-order chi connectivity index (χ1) is 12.6. The fourth-order valence-electron chi connectivity index (χ4n) is 2.81. The SMILES string of the molecule is CCNC(=NCc1ccc(N2CCOCC2)cc1C(F)(F)F)NC(C)(C)C. The van der Waals surface area contributed by atoms with Crippen molar-refractivity contribution < 1.29 is 17.9 Å². The van der Waals surface area contributed by atoms with E-state index in [9.17, 15) is 13.2 Å². The van der Waals surface area contributed by atoms with Crippen LogP contribution in [0.5, 0.6) is 0 Å². The molecule has 2 N–H and O–H groups in total. The first-order valence-electron chi connectivity index (χ1n) is 9.19. The molecule has 27 heavy (non-hydrogen) atoms. The van der Waals surface area contributed by atoms with Gasteiger partial charge in [0, 0.05) is 30.9 Å². The molecule has 2 rings (SSSR count). The maximum atomic E-state index is 13.6. The van der Waals surface area contributed by atoms with Crippen molar-refractivity contribution in [3.8, 4) is 0 Å². The van der Waals surface area contributed by atoms with Gasteiger partial charge in [-0.25, -0.2) is 4.99 Å². The van der Waals surface area contributed by atoms with Crippen LogP contribution in [0.15, 0.2) is 23.2 Å². The van der Waals surface area contributed by atoms with Crippen LogP contribution in [0, 0.1) is 0 Å². The maximum Gasteiger partial charge on any atom is 0.416 e. The predicted molar refractivity (Wildman–Crippen MR) is 102 cm³/mol. The van der Waals surface area contributed by atoms with Crippen molar-refractivity contribution in [3.05, 3.63) is 29.3 Å². The minimum atomic E-state index is -4.43. The third kappa shape index (κ3) is 6.61. The third-order valence-electron chi connectivity index (χ3n) is 4.02. The Morgan fingerprint density at radius 2 is 1.85 bits per heavy atom. The molecule has 0 aromatic heterocycles. The molecule has 1 saturated heterocycles. The van der Waals surface area contributed by atoms with Gasteiger partial charge in [-0.1, -0.05) is 6.07 Å². The van der Waals surface area contributed by atoms with E-state index in [0.29, 0.717) is 44.5 Å². The number of aliphatic imine (C=N–C) groups is 1. The maximum absolute atomic E-state index is 13.6. The van der Waals surface area contributed by atoms with Gasteiger partial charge in [0.05, 0.1) is 25.3 Å². The molecule has 0 aliphatic carbocycles. The number of ether oxygens (including phenoxy) is 1. The molecule has 0 radical (unpaired) electrons. The zero-order valence-corrected chi connectivity index (χ0v) is 16.4. The Balaban J connectivity index is 2.27. The number of rotatable bonds is 4. The van der Waals surface area contributed by atoms with Crippen LogP contribution < -0.4 is 15.5 Å². The van der Waals surface area contributed by atoms with E-state index in [4.69, 9.17) is 4.74 Å². The third-order valence-corrected chi connectivity index (χ3v) is 4.02. The van der Waals surface area contributed by atoms with Crippen molar-refractivity contribution >= 4 is 11.6 Å². The van der Waals surface area contributed by atoms with Gasteiger partial charge >= 0.3 is 6.18 Å². The van der Waals surface area contributed by atoms with E-state index in [0.717, 1.165) is 0 Å². The Labute approximate surface area is 159 Å². The number of benzene rings is 1. The average Bonchev–Trinajstić information content (AvgIpc) is 2.58.